The predicted octanol–water partition coefficient (Wildman–Crippen LogP) is 4.45. The summed E-state index contributed by atoms with van der Waals surface area (Å²) in [5.41, 5.74) is 0.115. The lowest BCUT2D eigenvalue weighted by atomic mass is 10.2. The molecule has 28 heavy (non-hydrogen) atoms. The van der Waals surface area contributed by atoms with Crippen LogP contribution in [0.2, 0.25) is 0 Å². The summed E-state index contributed by atoms with van der Waals surface area (Å²) in [4.78, 5) is 24.6. The Morgan fingerprint density at radius 1 is 1.21 bits per heavy atom. The number of thiazole rings is 1. The summed E-state index contributed by atoms with van der Waals surface area (Å²) < 4.78 is 33.7. The molecule has 0 unspecified atom stereocenters. The molecule has 9 heteroatoms. The largest absolute Gasteiger partial charge is 0.473 e. The second-order valence-corrected chi connectivity index (χ2v) is 7.21. The first kappa shape index (κ1) is 18.4. The molecule has 0 aliphatic heterocycles. The Morgan fingerprint density at radius 2 is 1.96 bits per heavy atom. The monoisotopic (exact) mass is 402 g/mol. The van der Waals surface area contributed by atoms with Gasteiger partial charge in [0.25, 0.3) is 5.91 Å². The molecule has 0 spiro atoms. The second kappa shape index (κ2) is 7.97. The van der Waals surface area contributed by atoms with Crippen molar-refractivity contribution in [2.24, 2.45) is 0 Å². The van der Waals surface area contributed by atoms with E-state index < -0.39 is 17.5 Å². The zero-order valence-electron chi connectivity index (χ0n) is 14.7. The average molecular weight is 402 g/mol. The van der Waals surface area contributed by atoms with Gasteiger partial charge >= 0.3 is 0 Å². The number of ether oxygens (including phenoxy) is 1. The van der Waals surface area contributed by atoms with Crippen molar-refractivity contribution < 1.29 is 18.3 Å². The van der Waals surface area contributed by atoms with Crippen LogP contribution in [0.25, 0.3) is 10.6 Å². The number of amides is 1. The molecule has 1 aliphatic carbocycles. The Hall–Kier alpha value is -2.94. The number of benzene rings is 1. The minimum absolute atomic E-state index is 0.0401. The molecule has 144 valence electrons. The van der Waals surface area contributed by atoms with Gasteiger partial charge in [-0.15, -0.1) is 11.3 Å². The van der Waals surface area contributed by atoms with Crippen molar-refractivity contribution in [3.05, 3.63) is 53.4 Å². The van der Waals surface area contributed by atoms with E-state index in [0.717, 1.165) is 49.2 Å². The molecular weight excluding hydrogens is 386 g/mol. The Balaban J connectivity index is 1.53. The smallest absolute Gasteiger partial charge is 0.275 e. The minimum Gasteiger partial charge on any atom is -0.473 e. The maximum atomic E-state index is 13.9. The third kappa shape index (κ3) is 3.84. The van der Waals surface area contributed by atoms with Crippen LogP contribution in [0.5, 0.6) is 5.88 Å². The fraction of sp³-hybridized carbons (Fsp3) is 0.263. The molecule has 2 aromatic heterocycles. The van der Waals surface area contributed by atoms with Crippen molar-refractivity contribution in [3.63, 3.8) is 0 Å². The summed E-state index contributed by atoms with van der Waals surface area (Å²) in [5.74, 6) is -1.70. The summed E-state index contributed by atoms with van der Waals surface area (Å²) in [6.07, 6.45) is 6.96. The standard InChI is InChI=1S/C19H16F2N4O2S/c20-12-6-3-7-13(21)16(12)19-25-15(9-28-19)17(26)24-14-8-22-10-23-18(14)27-11-4-1-2-5-11/h3,6-11H,1-2,4-5H2,(H,24,26). The highest BCUT2D eigenvalue weighted by Gasteiger charge is 2.21. The molecule has 1 aromatic carbocycles. The van der Waals surface area contributed by atoms with E-state index in [0.29, 0.717) is 11.6 Å². The Kier molecular flexibility index (Phi) is 5.25. The van der Waals surface area contributed by atoms with E-state index in [1.54, 1.807) is 0 Å². The van der Waals surface area contributed by atoms with Crippen molar-refractivity contribution in [2.45, 2.75) is 31.8 Å². The molecule has 0 saturated heterocycles. The minimum atomic E-state index is -0.731. The third-order valence-electron chi connectivity index (χ3n) is 4.42. The fourth-order valence-electron chi connectivity index (χ4n) is 3.04. The van der Waals surface area contributed by atoms with Gasteiger partial charge in [-0.1, -0.05) is 6.07 Å². The van der Waals surface area contributed by atoms with Crippen LogP contribution in [0.3, 0.4) is 0 Å². The van der Waals surface area contributed by atoms with Crippen LogP contribution in [0.1, 0.15) is 36.2 Å². The van der Waals surface area contributed by atoms with Gasteiger partial charge in [0.05, 0.1) is 11.8 Å². The zero-order chi connectivity index (χ0) is 19.5. The summed E-state index contributed by atoms with van der Waals surface area (Å²) in [7, 11) is 0. The van der Waals surface area contributed by atoms with Crippen LogP contribution < -0.4 is 10.1 Å². The lowest BCUT2D eigenvalue weighted by Crippen LogP contribution is -2.17. The average Bonchev–Trinajstić information content (AvgIpc) is 3.35. The van der Waals surface area contributed by atoms with E-state index in [1.807, 2.05) is 0 Å². The van der Waals surface area contributed by atoms with Gasteiger partial charge in [-0.3, -0.25) is 4.79 Å². The van der Waals surface area contributed by atoms with Crippen molar-refractivity contribution in [1.29, 1.82) is 0 Å². The summed E-state index contributed by atoms with van der Waals surface area (Å²) in [5, 5.41) is 4.20. The maximum Gasteiger partial charge on any atom is 0.275 e. The molecule has 3 aromatic rings. The van der Waals surface area contributed by atoms with Crippen LogP contribution in [0, 0.1) is 11.6 Å². The quantitative estimate of drug-likeness (QED) is 0.682. The molecule has 6 nitrogen and oxygen atoms in total. The predicted molar refractivity (Wildman–Crippen MR) is 100 cm³/mol. The van der Waals surface area contributed by atoms with Crippen LogP contribution in [0.4, 0.5) is 14.5 Å². The summed E-state index contributed by atoms with van der Waals surface area (Å²) in [6.45, 7) is 0. The Labute approximate surface area is 163 Å². The number of rotatable bonds is 5. The SMILES string of the molecule is O=C(Nc1cncnc1OC1CCCC1)c1csc(-c2c(F)cccc2F)n1. The molecular formula is C19H16F2N4O2S. The van der Waals surface area contributed by atoms with Crippen LogP contribution in [-0.2, 0) is 0 Å². The number of nitrogens with one attached hydrogen (secondary N) is 1. The lowest BCUT2D eigenvalue weighted by Gasteiger charge is -2.14. The highest BCUT2D eigenvalue weighted by atomic mass is 32.1. The van der Waals surface area contributed by atoms with Crippen LogP contribution >= 0.6 is 11.3 Å². The maximum absolute atomic E-state index is 13.9. The zero-order valence-corrected chi connectivity index (χ0v) is 15.5. The number of aromatic nitrogens is 3. The highest BCUT2D eigenvalue weighted by molar-refractivity contribution is 7.13. The van der Waals surface area contributed by atoms with Gasteiger partial charge in [0, 0.05) is 5.38 Å². The van der Waals surface area contributed by atoms with Gasteiger partial charge in [0.1, 0.15) is 40.5 Å². The number of hydrogen-bond donors (Lipinski definition) is 1. The molecule has 4 rings (SSSR count). The number of anilines is 1. The molecule has 0 bridgehead atoms. The number of halogens is 2. The molecule has 0 atom stereocenters. The molecule has 1 amide bonds. The highest BCUT2D eigenvalue weighted by Crippen LogP contribution is 2.30. The van der Waals surface area contributed by atoms with E-state index >= 15 is 0 Å². The summed E-state index contributed by atoms with van der Waals surface area (Å²) >= 11 is 0.986. The second-order valence-electron chi connectivity index (χ2n) is 6.35. The van der Waals surface area contributed by atoms with E-state index in [-0.39, 0.29) is 22.4 Å². The molecule has 2 heterocycles. The van der Waals surface area contributed by atoms with E-state index in [1.165, 1.54) is 24.0 Å². The topological polar surface area (TPSA) is 77.0 Å². The van der Waals surface area contributed by atoms with Crippen LogP contribution in [0.15, 0.2) is 36.1 Å². The van der Waals surface area contributed by atoms with Gasteiger partial charge in [-0.25, -0.2) is 18.7 Å². The number of carbonyl (C=O) groups excluding carboxylic acids is 1. The first-order valence-corrected chi connectivity index (χ1v) is 9.67. The van der Waals surface area contributed by atoms with Crippen molar-refractivity contribution in [3.8, 4) is 16.5 Å². The Bertz CT molecular complexity index is 985. The van der Waals surface area contributed by atoms with Crippen molar-refractivity contribution in [2.75, 3.05) is 5.32 Å². The van der Waals surface area contributed by atoms with Gasteiger partial charge in [0.15, 0.2) is 0 Å². The molecule has 1 N–H and O–H groups in total. The normalized spacial score (nSPS) is 14.2. The van der Waals surface area contributed by atoms with Crippen molar-refractivity contribution in [1.82, 2.24) is 15.0 Å². The van der Waals surface area contributed by atoms with E-state index in [9.17, 15) is 13.6 Å². The Morgan fingerprint density at radius 3 is 2.71 bits per heavy atom. The van der Waals surface area contributed by atoms with E-state index in [2.05, 4.69) is 20.3 Å². The first-order chi connectivity index (χ1) is 13.6. The number of nitrogens with zero attached hydrogens (tertiary/aromatic N) is 3. The number of carbonyl (C=O) groups is 1. The van der Waals surface area contributed by atoms with Crippen LogP contribution in [-0.4, -0.2) is 27.0 Å². The third-order valence-corrected chi connectivity index (χ3v) is 5.28. The molecule has 0 radical (unpaired) electrons. The molecule has 1 aliphatic rings. The molecule has 1 fully saturated rings. The first-order valence-electron chi connectivity index (χ1n) is 8.80. The van der Waals surface area contributed by atoms with Crippen molar-refractivity contribution >= 4 is 22.9 Å². The van der Waals surface area contributed by atoms with E-state index in [4.69, 9.17) is 4.74 Å². The molecule has 1 saturated carbocycles. The van der Waals surface area contributed by atoms with Gasteiger partial charge < -0.3 is 10.1 Å². The fourth-order valence-corrected chi connectivity index (χ4v) is 3.89. The van der Waals surface area contributed by atoms with Gasteiger partial charge in [-0.05, 0) is 37.8 Å². The lowest BCUT2D eigenvalue weighted by molar-refractivity contribution is 0.102. The summed E-state index contributed by atoms with van der Waals surface area (Å²) in [6, 6.07) is 3.57. The number of hydrogen-bond acceptors (Lipinski definition) is 6. The van der Waals surface area contributed by atoms with Gasteiger partial charge in [-0.2, -0.15) is 4.98 Å². The van der Waals surface area contributed by atoms with Gasteiger partial charge in [0.2, 0.25) is 5.88 Å².